The number of hydrogen-bond donors (Lipinski definition) is 0. The molecule has 4 aromatic rings. The number of carbonyl (C=O) groups excluding carboxylic acids is 1. The number of rotatable bonds is 6. The summed E-state index contributed by atoms with van der Waals surface area (Å²) in [6.07, 6.45) is 1.62. The molecule has 186 valence electrons. The zero-order valence-corrected chi connectivity index (χ0v) is 22.0. The maximum atomic E-state index is 13.7. The van der Waals surface area contributed by atoms with Crippen LogP contribution >= 0.6 is 11.3 Å². The summed E-state index contributed by atoms with van der Waals surface area (Å²) in [6.45, 7) is 5.52. The van der Waals surface area contributed by atoms with E-state index in [4.69, 9.17) is 0 Å². The molecule has 1 saturated heterocycles. The predicted molar refractivity (Wildman–Crippen MR) is 147 cm³/mol. The van der Waals surface area contributed by atoms with Crippen molar-refractivity contribution in [2.24, 2.45) is 0 Å². The lowest BCUT2D eigenvalue weighted by atomic mass is 10.1. The summed E-state index contributed by atoms with van der Waals surface area (Å²) in [6, 6.07) is 21.3. The van der Waals surface area contributed by atoms with E-state index in [1.165, 1.54) is 20.8 Å². The van der Waals surface area contributed by atoms with Crippen molar-refractivity contribution in [3.05, 3.63) is 99.9 Å². The van der Waals surface area contributed by atoms with Crippen LogP contribution in [-0.4, -0.2) is 53.8 Å². The van der Waals surface area contributed by atoms with Gasteiger partial charge in [0.2, 0.25) is 10.0 Å². The summed E-state index contributed by atoms with van der Waals surface area (Å²) in [4.78, 5) is 16.6. The zero-order valence-electron chi connectivity index (χ0n) is 20.4. The number of aromatic nitrogens is 1. The van der Waals surface area contributed by atoms with Gasteiger partial charge < -0.3 is 9.47 Å². The van der Waals surface area contributed by atoms with Crippen molar-refractivity contribution in [3.8, 4) is 0 Å². The zero-order chi connectivity index (χ0) is 25.3. The number of benzene rings is 2. The third-order valence-corrected chi connectivity index (χ3v) is 9.35. The Kier molecular flexibility index (Phi) is 6.83. The molecule has 3 heterocycles. The van der Waals surface area contributed by atoms with Gasteiger partial charge in [-0.15, -0.1) is 11.3 Å². The minimum Gasteiger partial charge on any atom is -0.334 e. The summed E-state index contributed by atoms with van der Waals surface area (Å²) in [5.74, 6) is -0.0595. The number of aryl methyl sites for hydroxylation is 1. The first-order valence-electron chi connectivity index (χ1n) is 12.0. The molecule has 0 bridgehead atoms. The highest BCUT2D eigenvalue weighted by Gasteiger charge is 2.34. The normalized spacial score (nSPS) is 17.3. The Bertz CT molecular complexity index is 1520. The van der Waals surface area contributed by atoms with Gasteiger partial charge in [-0.2, -0.15) is 4.31 Å². The van der Waals surface area contributed by atoms with E-state index in [1.807, 2.05) is 66.9 Å². The SMILES string of the molecule is Cc1ccccc1Cn1c(C(=O)N2CCN(S(=O)(=O)/C=C/c3ccccc3)[C@H](C)C2)cc2ccsc21. The smallest absolute Gasteiger partial charge is 0.270 e. The van der Waals surface area contributed by atoms with Crippen LogP contribution in [0.2, 0.25) is 0 Å². The van der Waals surface area contributed by atoms with Crippen LogP contribution in [0, 0.1) is 6.92 Å². The number of sulfonamides is 1. The maximum Gasteiger partial charge on any atom is 0.270 e. The molecule has 5 rings (SSSR count). The lowest BCUT2D eigenvalue weighted by Gasteiger charge is -2.38. The Balaban J connectivity index is 1.35. The predicted octanol–water partition coefficient (Wildman–Crippen LogP) is 5.21. The summed E-state index contributed by atoms with van der Waals surface area (Å²) in [5, 5.41) is 4.36. The Morgan fingerprint density at radius 3 is 2.56 bits per heavy atom. The number of nitrogens with zero attached hydrogens (tertiary/aromatic N) is 3. The monoisotopic (exact) mass is 519 g/mol. The molecule has 1 aliphatic rings. The molecule has 0 spiro atoms. The van der Waals surface area contributed by atoms with Crippen molar-refractivity contribution in [2.75, 3.05) is 19.6 Å². The first kappa shape index (κ1) is 24.5. The van der Waals surface area contributed by atoms with Crippen LogP contribution in [0.15, 0.2) is 77.5 Å². The number of amides is 1. The molecule has 6 nitrogen and oxygen atoms in total. The van der Waals surface area contributed by atoms with Gasteiger partial charge in [0.05, 0.1) is 0 Å². The number of hydrogen-bond acceptors (Lipinski definition) is 4. The largest absolute Gasteiger partial charge is 0.334 e. The molecule has 1 amide bonds. The van der Waals surface area contributed by atoms with Gasteiger partial charge in [-0.05, 0) is 54.1 Å². The highest BCUT2D eigenvalue weighted by molar-refractivity contribution is 7.92. The highest BCUT2D eigenvalue weighted by Crippen LogP contribution is 2.28. The van der Waals surface area contributed by atoms with Crippen LogP contribution in [0.5, 0.6) is 0 Å². The number of piperazine rings is 1. The van der Waals surface area contributed by atoms with E-state index in [2.05, 4.69) is 23.6 Å². The van der Waals surface area contributed by atoms with Gasteiger partial charge in [0.1, 0.15) is 10.5 Å². The van der Waals surface area contributed by atoms with E-state index in [9.17, 15) is 13.2 Å². The van der Waals surface area contributed by atoms with Crippen molar-refractivity contribution in [1.82, 2.24) is 13.8 Å². The lowest BCUT2D eigenvalue weighted by molar-refractivity contribution is 0.0633. The first-order chi connectivity index (χ1) is 17.3. The average molecular weight is 520 g/mol. The van der Waals surface area contributed by atoms with E-state index in [0.29, 0.717) is 25.3 Å². The van der Waals surface area contributed by atoms with E-state index in [1.54, 1.807) is 22.3 Å². The van der Waals surface area contributed by atoms with Gasteiger partial charge in [-0.1, -0.05) is 54.6 Å². The summed E-state index contributed by atoms with van der Waals surface area (Å²) < 4.78 is 29.6. The molecule has 36 heavy (non-hydrogen) atoms. The van der Waals surface area contributed by atoms with E-state index in [-0.39, 0.29) is 18.5 Å². The van der Waals surface area contributed by atoms with Crippen LogP contribution in [0.1, 0.15) is 34.1 Å². The van der Waals surface area contributed by atoms with Crippen molar-refractivity contribution in [2.45, 2.75) is 26.4 Å². The van der Waals surface area contributed by atoms with Gasteiger partial charge in [0.25, 0.3) is 5.91 Å². The fourth-order valence-corrected chi connectivity index (χ4v) is 7.03. The molecule has 1 fully saturated rings. The first-order valence-corrected chi connectivity index (χ1v) is 14.4. The average Bonchev–Trinajstić information content (AvgIpc) is 3.47. The third kappa shape index (κ3) is 4.89. The number of fused-ring (bicyclic) bond motifs is 1. The molecule has 0 unspecified atom stereocenters. The molecule has 8 heteroatoms. The molecule has 1 aliphatic heterocycles. The van der Waals surface area contributed by atoms with E-state index < -0.39 is 10.0 Å². The topological polar surface area (TPSA) is 62.6 Å². The van der Waals surface area contributed by atoms with Gasteiger partial charge >= 0.3 is 0 Å². The van der Waals surface area contributed by atoms with Gasteiger partial charge in [-0.25, -0.2) is 8.42 Å². The van der Waals surface area contributed by atoms with Crippen molar-refractivity contribution in [3.63, 3.8) is 0 Å². The standard InChI is InChI=1S/C28H29N3O3S2/c1-21-8-6-7-11-25(21)20-30-26(18-24-12-16-35-28(24)30)27(32)29-14-15-31(22(2)19-29)36(33,34)17-13-23-9-4-3-5-10-23/h3-13,16-18,22H,14-15,19-20H2,1-2H3/b17-13+/t22-/m1/s1. The molecule has 1 atom stereocenters. The Labute approximate surface area is 216 Å². The molecule has 0 saturated carbocycles. The van der Waals surface area contributed by atoms with Crippen LogP contribution in [0.25, 0.3) is 16.3 Å². The lowest BCUT2D eigenvalue weighted by Crippen LogP contribution is -2.55. The maximum absolute atomic E-state index is 13.7. The summed E-state index contributed by atoms with van der Waals surface area (Å²) in [7, 11) is -3.60. The molecule has 0 N–H and O–H groups in total. The fourth-order valence-electron chi connectivity index (χ4n) is 4.74. The van der Waals surface area contributed by atoms with Gasteiger partial charge in [0.15, 0.2) is 0 Å². The minimum atomic E-state index is -3.60. The second-order valence-electron chi connectivity index (χ2n) is 9.19. The number of carbonyl (C=O) groups is 1. The van der Waals surface area contributed by atoms with Crippen LogP contribution in [0.3, 0.4) is 0 Å². The van der Waals surface area contributed by atoms with Crippen molar-refractivity contribution >= 4 is 43.6 Å². The molecule has 2 aromatic heterocycles. The fraction of sp³-hybridized carbons (Fsp3) is 0.250. The Hall–Kier alpha value is -3.20. The van der Waals surface area contributed by atoms with Crippen LogP contribution in [-0.2, 0) is 16.6 Å². The molecular weight excluding hydrogens is 490 g/mol. The summed E-state index contributed by atoms with van der Waals surface area (Å²) in [5.41, 5.74) is 3.83. The van der Waals surface area contributed by atoms with Crippen molar-refractivity contribution in [1.29, 1.82) is 0 Å². The van der Waals surface area contributed by atoms with Crippen LogP contribution < -0.4 is 0 Å². The minimum absolute atomic E-state index is 0.0595. The van der Waals surface area contributed by atoms with E-state index in [0.717, 1.165) is 15.8 Å². The van der Waals surface area contributed by atoms with Crippen molar-refractivity contribution < 1.29 is 13.2 Å². The quantitative estimate of drug-likeness (QED) is 0.352. The molecular formula is C28H29N3O3S2. The van der Waals surface area contributed by atoms with Gasteiger partial charge in [0, 0.05) is 43.0 Å². The second-order valence-corrected chi connectivity index (χ2v) is 11.9. The van der Waals surface area contributed by atoms with Crippen LogP contribution in [0.4, 0.5) is 0 Å². The summed E-state index contributed by atoms with van der Waals surface area (Å²) >= 11 is 1.63. The second kappa shape index (κ2) is 10.0. The Morgan fingerprint density at radius 2 is 1.81 bits per heavy atom. The molecule has 2 aromatic carbocycles. The van der Waals surface area contributed by atoms with Gasteiger partial charge in [-0.3, -0.25) is 4.79 Å². The Morgan fingerprint density at radius 1 is 1.06 bits per heavy atom. The van der Waals surface area contributed by atoms with E-state index >= 15 is 0 Å². The number of thiophene rings is 1. The molecule has 0 aliphatic carbocycles. The molecule has 0 radical (unpaired) electrons. The highest BCUT2D eigenvalue weighted by atomic mass is 32.2. The third-order valence-electron chi connectivity index (χ3n) is 6.72.